The van der Waals surface area contributed by atoms with Gasteiger partial charge in [-0.05, 0) is 19.5 Å². The topological polar surface area (TPSA) is 62.3 Å². The van der Waals surface area contributed by atoms with E-state index in [4.69, 9.17) is 15.9 Å². The van der Waals surface area contributed by atoms with Crippen LogP contribution in [-0.2, 0) is 11.3 Å². The lowest BCUT2D eigenvalue weighted by Gasteiger charge is -2.24. The summed E-state index contributed by atoms with van der Waals surface area (Å²) in [6.07, 6.45) is 0. The van der Waals surface area contributed by atoms with Crippen molar-refractivity contribution in [2.45, 2.75) is 19.5 Å². The van der Waals surface area contributed by atoms with Gasteiger partial charge in [0, 0.05) is 25.3 Å². The molecule has 0 aliphatic heterocycles. The first-order valence-corrected chi connectivity index (χ1v) is 5.67. The van der Waals surface area contributed by atoms with Gasteiger partial charge in [-0.1, -0.05) is 24.3 Å². The molecule has 0 radical (unpaired) electrons. The van der Waals surface area contributed by atoms with Gasteiger partial charge in [0.15, 0.2) is 0 Å². The summed E-state index contributed by atoms with van der Waals surface area (Å²) in [5, 5.41) is 7.54. The van der Waals surface area contributed by atoms with Gasteiger partial charge < -0.3 is 10.5 Å². The number of amidine groups is 1. The van der Waals surface area contributed by atoms with E-state index in [-0.39, 0.29) is 5.84 Å². The van der Waals surface area contributed by atoms with Crippen molar-refractivity contribution in [3.8, 4) is 0 Å². The summed E-state index contributed by atoms with van der Waals surface area (Å²) in [5.41, 5.74) is 7.45. The number of nitrogen functional groups attached to an aromatic ring is 1. The molecule has 0 bridgehead atoms. The van der Waals surface area contributed by atoms with Crippen molar-refractivity contribution in [3.05, 3.63) is 35.4 Å². The second kappa shape index (κ2) is 6.37. The highest BCUT2D eigenvalue weighted by Crippen LogP contribution is 2.12. The highest BCUT2D eigenvalue weighted by molar-refractivity contribution is 5.96. The largest absolute Gasteiger partial charge is 0.384 e. The average molecular weight is 235 g/mol. The third kappa shape index (κ3) is 3.84. The molecule has 0 saturated heterocycles. The average Bonchev–Trinajstić information content (AvgIpc) is 2.29. The fourth-order valence-electron chi connectivity index (χ4n) is 1.71. The Balaban J connectivity index is 2.77. The standard InChI is InChI=1S/C13H21N3O/c1-10(9-17-3)16(2)8-11-6-4-5-7-12(11)13(14)15/h4-7,10H,8-9H2,1-3H3,(H3,14,15). The molecule has 0 fully saturated rings. The second-order valence-corrected chi connectivity index (χ2v) is 4.29. The molecule has 3 N–H and O–H groups in total. The van der Waals surface area contributed by atoms with Crippen molar-refractivity contribution < 1.29 is 4.74 Å². The third-order valence-corrected chi connectivity index (χ3v) is 2.89. The predicted octanol–water partition coefficient (Wildman–Crippen LogP) is 1.44. The maximum absolute atomic E-state index is 7.54. The molecule has 1 rings (SSSR count). The number of benzene rings is 1. The first-order valence-electron chi connectivity index (χ1n) is 5.67. The van der Waals surface area contributed by atoms with Gasteiger partial charge in [-0.2, -0.15) is 0 Å². The van der Waals surface area contributed by atoms with Crippen LogP contribution in [0, 0.1) is 5.41 Å². The lowest BCUT2D eigenvalue weighted by molar-refractivity contribution is 0.112. The zero-order valence-electron chi connectivity index (χ0n) is 10.7. The van der Waals surface area contributed by atoms with Crippen LogP contribution in [0.2, 0.25) is 0 Å². The number of nitrogens with one attached hydrogen (secondary N) is 1. The summed E-state index contributed by atoms with van der Waals surface area (Å²) in [6.45, 7) is 3.57. The second-order valence-electron chi connectivity index (χ2n) is 4.29. The number of ether oxygens (including phenoxy) is 1. The molecule has 0 spiro atoms. The molecular formula is C13H21N3O. The Morgan fingerprint density at radius 2 is 2.12 bits per heavy atom. The number of likely N-dealkylation sites (N-methyl/N-ethyl adjacent to an activating group) is 1. The summed E-state index contributed by atoms with van der Waals surface area (Å²) in [6, 6.07) is 8.09. The van der Waals surface area contributed by atoms with Crippen LogP contribution >= 0.6 is 0 Å². The van der Waals surface area contributed by atoms with E-state index in [1.165, 1.54) is 0 Å². The van der Waals surface area contributed by atoms with Crippen LogP contribution in [0.4, 0.5) is 0 Å². The minimum atomic E-state index is 0.119. The number of hydrogen-bond acceptors (Lipinski definition) is 3. The van der Waals surface area contributed by atoms with Gasteiger partial charge in [-0.15, -0.1) is 0 Å². The van der Waals surface area contributed by atoms with Crippen molar-refractivity contribution in [1.82, 2.24) is 4.90 Å². The lowest BCUT2D eigenvalue weighted by Crippen LogP contribution is -2.32. The molecule has 17 heavy (non-hydrogen) atoms. The molecule has 0 aliphatic rings. The van der Waals surface area contributed by atoms with Gasteiger partial charge in [0.1, 0.15) is 5.84 Å². The van der Waals surface area contributed by atoms with E-state index in [2.05, 4.69) is 11.8 Å². The normalized spacial score (nSPS) is 12.7. The van der Waals surface area contributed by atoms with Gasteiger partial charge in [0.2, 0.25) is 0 Å². The molecule has 4 nitrogen and oxygen atoms in total. The fraction of sp³-hybridized carbons (Fsp3) is 0.462. The van der Waals surface area contributed by atoms with E-state index in [0.29, 0.717) is 12.6 Å². The molecule has 0 aliphatic carbocycles. The van der Waals surface area contributed by atoms with E-state index in [1.807, 2.05) is 31.3 Å². The summed E-state index contributed by atoms with van der Waals surface area (Å²) in [7, 11) is 3.74. The molecule has 0 saturated carbocycles. The predicted molar refractivity (Wildman–Crippen MR) is 70.3 cm³/mol. The molecule has 0 amide bonds. The molecule has 4 heteroatoms. The van der Waals surface area contributed by atoms with Gasteiger partial charge in [0.05, 0.1) is 6.61 Å². The smallest absolute Gasteiger partial charge is 0.123 e. The molecule has 94 valence electrons. The summed E-state index contributed by atoms with van der Waals surface area (Å²) < 4.78 is 5.13. The Morgan fingerprint density at radius 3 is 2.71 bits per heavy atom. The van der Waals surface area contributed by atoms with Crippen LogP contribution in [0.5, 0.6) is 0 Å². The van der Waals surface area contributed by atoms with E-state index in [1.54, 1.807) is 7.11 Å². The molecule has 1 aromatic rings. The Bertz CT molecular complexity index is 379. The fourth-order valence-corrected chi connectivity index (χ4v) is 1.71. The Morgan fingerprint density at radius 1 is 1.47 bits per heavy atom. The number of rotatable bonds is 6. The molecular weight excluding hydrogens is 214 g/mol. The minimum absolute atomic E-state index is 0.119. The maximum atomic E-state index is 7.54. The lowest BCUT2D eigenvalue weighted by atomic mass is 10.1. The van der Waals surface area contributed by atoms with Crippen LogP contribution in [0.3, 0.4) is 0 Å². The first kappa shape index (κ1) is 13.7. The molecule has 0 aromatic heterocycles. The van der Waals surface area contributed by atoms with E-state index in [9.17, 15) is 0 Å². The van der Waals surface area contributed by atoms with Crippen molar-refractivity contribution >= 4 is 5.84 Å². The molecule has 1 unspecified atom stereocenters. The van der Waals surface area contributed by atoms with Crippen LogP contribution in [0.1, 0.15) is 18.1 Å². The molecule has 1 atom stereocenters. The summed E-state index contributed by atoms with van der Waals surface area (Å²) in [4.78, 5) is 2.19. The van der Waals surface area contributed by atoms with Crippen LogP contribution in [-0.4, -0.2) is 37.5 Å². The number of nitrogens with zero attached hydrogens (tertiary/aromatic N) is 1. The van der Waals surface area contributed by atoms with E-state index >= 15 is 0 Å². The monoisotopic (exact) mass is 235 g/mol. The quantitative estimate of drug-likeness (QED) is 0.579. The zero-order chi connectivity index (χ0) is 12.8. The van der Waals surface area contributed by atoms with Crippen molar-refractivity contribution in [3.63, 3.8) is 0 Å². The minimum Gasteiger partial charge on any atom is -0.384 e. The number of methoxy groups -OCH3 is 1. The molecule has 1 aromatic carbocycles. The van der Waals surface area contributed by atoms with Crippen molar-refractivity contribution in [2.75, 3.05) is 20.8 Å². The van der Waals surface area contributed by atoms with Crippen LogP contribution < -0.4 is 5.73 Å². The Labute approximate surface area is 103 Å². The van der Waals surface area contributed by atoms with Crippen LogP contribution in [0.25, 0.3) is 0 Å². The highest BCUT2D eigenvalue weighted by Gasteiger charge is 2.12. The van der Waals surface area contributed by atoms with Gasteiger partial charge in [-0.3, -0.25) is 10.3 Å². The van der Waals surface area contributed by atoms with E-state index in [0.717, 1.165) is 17.7 Å². The summed E-state index contributed by atoms with van der Waals surface area (Å²) in [5.74, 6) is 0.119. The maximum Gasteiger partial charge on any atom is 0.123 e. The summed E-state index contributed by atoms with van der Waals surface area (Å²) >= 11 is 0. The van der Waals surface area contributed by atoms with Crippen molar-refractivity contribution in [1.29, 1.82) is 5.41 Å². The highest BCUT2D eigenvalue weighted by atomic mass is 16.5. The number of nitrogens with two attached hydrogens (primary N) is 1. The van der Waals surface area contributed by atoms with Crippen LogP contribution in [0.15, 0.2) is 24.3 Å². The van der Waals surface area contributed by atoms with Gasteiger partial charge in [0.25, 0.3) is 0 Å². The molecule has 0 heterocycles. The Hall–Kier alpha value is -1.39. The zero-order valence-corrected chi connectivity index (χ0v) is 10.7. The number of hydrogen-bond donors (Lipinski definition) is 2. The first-order chi connectivity index (χ1) is 8.06. The Kier molecular flexibility index (Phi) is 5.12. The third-order valence-electron chi connectivity index (χ3n) is 2.89. The van der Waals surface area contributed by atoms with Gasteiger partial charge in [-0.25, -0.2) is 0 Å². The van der Waals surface area contributed by atoms with Gasteiger partial charge >= 0.3 is 0 Å². The van der Waals surface area contributed by atoms with Crippen molar-refractivity contribution in [2.24, 2.45) is 5.73 Å². The van der Waals surface area contributed by atoms with E-state index < -0.39 is 0 Å². The SMILES string of the molecule is COCC(C)N(C)Cc1ccccc1C(=N)N.